The molecule has 0 unspecified atom stereocenters. The highest BCUT2D eigenvalue weighted by Crippen LogP contribution is 2.32. The lowest BCUT2D eigenvalue weighted by Gasteiger charge is -2.09. The topological polar surface area (TPSA) is 69.2 Å². The Hall–Kier alpha value is -1.58. The zero-order chi connectivity index (χ0) is 19.1. The Balaban J connectivity index is 1.95. The molecule has 0 bridgehead atoms. The molecule has 2 rings (SSSR count). The van der Waals surface area contributed by atoms with Crippen molar-refractivity contribution >= 4 is 59.9 Å². The number of hydrogen-bond acceptors (Lipinski definition) is 5. The van der Waals surface area contributed by atoms with Gasteiger partial charge in [-0.2, -0.15) is 5.10 Å². The molecule has 0 aliphatic heterocycles. The predicted molar refractivity (Wildman–Crippen MR) is 110 cm³/mol. The molecule has 0 spiro atoms. The smallest absolute Gasteiger partial charge is 0.277 e. The minimum absolute atomic E-state index is 0.166. The summed E-state index contributed by atoms with van der Waals surface area (Å²) >= 11 is 10.1. The fourth-order valence-electron chi connectivity index (χ4n) is 1.93. The third-order valence-electron chi connectivity index (χ3n) is 3.15. The van der Waals surface area contributed by atoms with Crippen LogP contribution in [0.15, 0.2) is 48.9 Å². The van der Waals surface area contributed by atoms with Gasteiger partial charge in [0.1, 0.15) is 17.2 Å². The summed E-state index contributed by atoms with van der Waals surface area (Å²) in [5.41, 5.74) is 3.09. The SMILES string of the molecule is COc1cc(OC)c(C=NNC(=O)COc2ccc(Br)cc2Br)cc1Br. The first-order valence-electron chi connectivity index (χ1n) is 7.26. The maximum atomic E-state index is 11.9. The Morgan fingerprint density at radius 3 is 2.38 bits per heavy atom. The van der Waals surface area contributed by atoms with Gasteiger partial charge < -0.3 is 14.2 Å². The molecule has 6 nitrogen and oxygen atoms in total. The molecule has 0 aliphatic rings. The second-order valence-electron chi connectivity index (χ2n) is 4.89. The summed E-state index contributed by atoms with van der Waals surface area (Å²) in [5, 5.41) is 3.93. The number of rotatable bonds is 7. The van der Waals surface area contributed by atoms with E-state index in [1.807, 2.05) is 12.1 Å². The molecular formula is C17H15Br3N2O4. The summed E-state index contributed by atoms with van der Waals surface area (Å²) in [6, 6.07) is 8.91. The van der Waals surface area contributed by atoms with Gasteiger partial charge in [0.2, 0.25) is 0 Å². The molecule has 1 amide bonds. The highest BCUT2D eigenvalue weighted by Gasteiger charge is 2.09. The van der Waals surface area contributed by atoms with Gasteiger partial charge in [0, 0.05) is 16.1 Å². The Labute approximate surface area is 176 Å². The van der Waals surface area contributed by atoms with Gasteiger partial charge in [0.25, 0.3) is 5.91 Å². The summed E-state index contributed by atoms with van der Waals surface area (Å²) in [4.78, 5) is 11.9. The van der Waals surface area contributed by atoms with Crippen molar-refractivity contribution in [3.63, 3.8) is 0 Å². The summed E-state index contributed by atoms with van der Waals surface area (Å²) in [7, 11) is 3.11. The molecule has 138 valence electrons. The molecule has 0 saturated carbocycles. The standard InChI is InChI=1S/C17H15Br3N2O4/c1-24-15-7-16(25-2)12(19)5-10(15)8-21-22-17(23)9-26-14-4-3-11(18)6-13(14)20/h3-8H,9H2,1-2H3,(H,22,23). The number of ether oxygens (including phenoxy) is 3. The molecule has 0 heterocycles. The van der Waals surface area contributed by atoms with Gasteiger partial charge in [-0.15, -0.1) is 0 Å². The molecule has 26 heavy (non-hydrogen) atoms. The second-order valence-corrected chi connectivity index (χ2v) is 7.51. The van der Waals surface area contributed by atoms with Crippen LogP contribution in [0.2, 0.25) is 0 Å². The third-order valence-corrected chi connectivity index (χ3v) is 4.88. The second kappa shape index (κ2) is 9.94. The lowest BCUT2D eigenvalue weighted by Crippen LogP contribution is -2.24. The maximum absolute atomic E-state index is 11.9. The average molecular weight is 551 g/mol. The van der Waals surface area contributed by atoms with Gasteiger partial charge in [0.05, 0.1) is 29.4 Å². The Morgan fingerprint density at radius 2 is 1.73 bits per heavy atom. The van der Waals surface area contributed by atoms with E-state index in [9.17, 15) is 4.79 Å². The Kier molecular flexibility index (Phi) is 7.92. The molecule has 2 aromatic carbocycles. The van der Waals surface area contributed by atoms with E-state index in [1.54, 1.807) is 32.4 Å². The van der Waals surface area contributed by atoms with Crippen molar-refractivity contribution < 1.29 is 19.0 Å². The van der Waals surface area contributed by atoms with Crippen LogP contribution in [-0.4, -0.2) is 32.9 Å². The third kappa shape index (κ3) is 5.72. The van der Waals surface area contributed by atoms with Gasteiger partial charge >= 0.3 is 0 Å². The van der Waals surface area contributed by atoms with Crippen molar-refractivity contribution in [1.82, 2.24) is 5.43 Å². The van der Waals surface area contributed by atoms with E-state index in [0.29, 0.717) is 22.8 Å². The van der Waals surface area contributed by atoms with E-state index >= 15 is 0 Å². The maximum Gasteiger partial charge on any atom is 0.277 e. The molecule has 0 atom stereocenters. The molecule has 0 aliphatic carbocycles. The number of hydrogen-bond donors (Lipinski definition) is 1. The van der Waals surface area contributed by atoms with Crippen LogP contribution in [0.25, 0.3) is 0 Å². The zero-order valence-corrected chi connectivity index (χ0v) is 18.6. The van der Waals surface area contributed by atoms with Crippen LogP contribution in [0, 0.1) is 0 Å². The van der Waals surface area contributed by atoms with E-state index in [0.717, 1.165) is 13.4 Å². The number of hydrazone groups is 1. The molecule has 1 N–H and O–H groups in total. The van der Waals surface area contributed by atoms with Crippen molar-refractivity contribution in [2.24, 2.45) is 5.10 Å². The summed E-state index contributed by atoms with van der Waals surface area (Å²) in [5.74, 6) is 1.38. The van der Waals surface area contributed by atoms with Gasteiger partial charge in [-0.25, -0.2) is 5.43 Å². The van der Waals surface area contributed by atoms with Gasteiger partial charge in [0.15, 0.2) is 6.61 Å². The number of benzene rings is 2. The van der Waals surface area contributed by atoms with Crippen molar-refractivity contribution in [3.8, 4) is 17.2 Å². The monoisotopic (exact) mass is 548 g/mol. The quantitative estimate of drug-likeness (QED) is 0.406. The van der Waals surface area contributed by atoms with Crippen molar-refractivity contribution in [2.45, 2.75) is 0 Å². The number of amides is 1. The number of halogens is 3. The van der Waals surface area contributed by atoms with Crippen LogP contribution >= 0.6 is 47.8 Å². The lowest BCUT2D eigenvalue weighted by atomic mass is 10.2. The molecule has 0 radical (unpaired) electrons. The molecule has 0 fully saturated rings. The Bertz CT molecular complexity index is 828. The van der Waals surface area contributed by atoms with Gasteiger partial charge in [-0.1, -0.05) is 15.9 Å². The van der Waals surface area contributed by atoms with Crippen molar-refractivity contribution in [1.29, 1.82) is 0 Å². The van der Waals surface area contributed by atoms with E-state index in [2.05, 4.69) is 58.3 Å². The Morgan fingerprint density at radius 1 is 1.04 bits per heavy atom. The summed E-state index contributed by atoms with van der Waals surface area (Å²) in [6.45, 7) is -0.166. The summed E-state index contributed by atoms with van der Waals surface area (Å²) < 4.78 is 18.4. The average Bonchev–Trinajstić information content (AvgIpc) is 2.61. The van der Waals surface area contributed by atoms with Crippen LogP contribution in [0.1, 0.15) is 5.56 Å². The van der Waals surface area contributed by atoms with Crippen LogP contribution in [0.5, 0.6) is 17.2 Å². The van der Waals surface area contributed by atoms with Crippen molar-refractivity contribution in [2.75, 3.05) is 20.8 Å². The highest BCUT2D eigenvalue weighted by atomic mass is 79.9. The molecule has 2 aromatic rings. The van der Waals surface area contributed by atoms with Crippen LogP contribution < -0.4 is 19.6 Å². The van der Waals surface area contributed by atoms with Gasteiger partial charge in [-0.05, 0) is 56.1 Å². The molecule has 9 heteroatoms. The number of nitrogens with one attached hydrogen (secondary N) is 1. The van der Waals surface area contributed by atoms with Crippen LogP contribution in [0.3, 0.4) is 0 Å². The number of carbonyl (C=O) groups excluding carboxylic acids is 1. The fourth-order valence-corrected chi connectivity index (χ4v) is 3.61. The molecule has 0 aromatic heterocycles. The lowest BCUT2D eigenvalue weighted by molar-refractivity contribution is -0.123. The first kappa shape index (κ1) is 20.7. The van der Waals surface area contributed by atoms with E-state index in [-0.39, 0.29) is 12.5 Å². The highest BCUT2D eigenvalue weighted by molar-refractivity contribution is 9.11. The largest absolute Gasteiger partial charge is 0.496 e. The zero-order valence-electron chi connectivity index (χ0n) is 13.9. The van der Waals surface area contributed by atoms with Gasteiger partial charge in [-0.3, -0.25) is 4.79 Å². The minimum Gasteiger partial charge on any atom is -0.496 e. The number of methoxy groups -OCH3 is 2. The first-order valence-corrected chi connectivity index (χ1v) is 9.63. The number of carbonyl (C=O) groups is 1. The first-order chi connectivity index (χ1) is 12.4. The fraction of sp³-hybridized carbons (Fsp3) is 0.176. The van der Waals surface area contributed by atoms with E-state index in [4.69, 9.17) is 14.2 Å². The predicted octanol–water partition coefficient (Wildman–Crippen LogP) is 4.52. The molecule has 0 saturated heterocycles. The summed E-state index contributed by atoms with van der Waals surface area (Å²) in [6.07, 6.45) is 1.48. The normalized spacial score (nSPS) is 10.7. The minimum atomic E-state index is -0.386. The number of nitrogens with zero attached hydrogens (tertiary/aromatic N) is 1. The van der Waals surface area contributed by atoms with Crippen molar-refractivity contribution in [3.05, 3.63) is 49.3 Å². The van der Waals surface area contributed by atoms with E-state index in [1.165, 1.54) is 6.21 Å². The van der Waals surface area contributed by atoms with Crippen LogP contribution in [-0.2, 0) is 4.79 Å². The van der Waals surface area contributed by atoms with E-state index < -0.39 is 0 Å². The molecular weight excluding hydrogens is 536 g/mol. The van der Waals surface area contributed by atoms with Crippen LogP contribution in [0.4, 0.5) is 0 Å².